The molecule has 2 aromatic carbocycles. The van der Waals surface area contributed by atoms with Crippen LogP contribution in [-0.4, -0.2) is 23.7 Å². The molecule has 0 aliphatic carbocycles. The summed E-state index contributed by atoms with van der Waals surface area (Å²) in [5.74, 6) is -0.497. The normalized spacial score (nSPS) is 12.6. The lowest BCUT2D eigenvalue weighted by molar-refractivity contribution is -0.149. The van der Waals surface area contributed by atoms with E-state index in [1.807, 2.05) is 18.2 Å². The maximum atomic E-state index is 11.6. The van der Waals surface area contributed by atoms with Gasteiger partial charge in [0.2, 0.25) is 0 Å². The number of rotatable bonds is 6. The van der Waals surface area contributed by atoms with Crippen molar-refractivity contribution >= 4 is 22.9 Å². The van der Waals surface area contributed by atoms with Gasteiger partial charge in [-0.05, 0) is 53.4 Å². The molecule has 3 rings (SSSR count). The topological polar surface area (TPSA) is 86.0 Å². The van der Waals surface area contributed by atoms with E-state index >= 15 is 0 Å². The molecule has 1 N–H and O–H groups in total. The van der Waals surface area contributed by atoms with Crippen LogP contribution < -0.4 is 4.74 Å². The number of carbonyl (C=O) groups excluding carboxylic acids is 1. The van der Waals surface area contributed by atoms with Gasteiger partial charge in [-0.25, -0.2) is 4.79 Å². The number of benzene rings is 2. The Kier molecular flexibility index (Phi) is 5.64. The average molecular weight is 396 g/mol. The van der Waals surface area contributed by atoms with E-state index in [0.717, 1.165) is 5.39 Å². The summed E-state index contributed by atoms with van der Waals surface area (Å²) < 4.78 is 17.0. The predicted octanol–water partition coefficient (Wildman–Crippen LogP) is 5.11. The molecule has 0 aliphatic rings. The Morgan fingerprint density at radius 3 is 2.34 bits per heavy atom. The molecule has 1 heterocycles. The Labute approximate surface area is 169 Å². The molecular formula is C23H24O6. The molecule has 0 aliphatic heterocycles. The minimum Gasteiger partial charge on any atom is -0.489 e. The number of carboxylic acids is 1. The quantitative estimate of drug-likeness (QED) is 0.583. The summed E-state index contributed by atoms with van der Waals surface area (Å²) in [5, 5.41) is 9.90. The highest BCUT2D eigenvalue weighted by atomic mass is 16.6. The number of esters is 1. The van der Waals surface area contributed by atoms with Gasteiger partial charge in [0.25, 0.3) is 0 Å². The van der Waals surface area contributed by atoms with Gasteiger partial charge in [-0.15, -0.1) is 0 Å². The minimum absolute atomic E-state index is 0.00609. The molecular weight excluding hydrogens is 372 g/mol. The maximum absolute atomic E-state index is 11.6. The fourth-order valence-electron chi connectivity index (χ4n) is 2.93. The second kappa shape index (κ2) is 7.99. The Morgan fingerprint density at radius 2 is 1.76 bits per heavy atom. The van der Waals surface area contributed by atoms with Crippen LogP contribution in [0.2, 0.25) is 0 Å². The van der Waals surface area contributed by atoms with Crippen molar-refractivity contribution in [3.63, 3.8) is 0 Å². The fraction of sp³-hybridized carbons (Fsp3) is 0.304. The van der Waals surface area contributed by atoms with E-state index in [1.165, 1.54) is 24.6 Å². The first kappa shape index (κ1) is 20.5. The summed E-state index contributed by atoms with van der Waals surface area (Å²) in [6, 6.07) is 13.9. The van der Waals surface area contributed by atoms with Gasteiger partial charge in [0.05, 0.1) is 5.56 Å². The summed E-state index contributed by atoms with van der Waals surface area (Å²) in [6.07, 6.45) is -0.725. The molecule has 1 atom stereocenters. The summed E-state index contributed by atoms with van der Waals surface area (Å²) in [6.45, 7) is 7.79. The predicted molar refractivity (Wildman–Crippen MR) is 108 cm³/mol. The lowest BCUT2D eigenvalue weighted by atomic mass is 9.86. The molecule has 3 aromatic rings. The van der Waals surface area contributed by atoms with Gasteiger partial charge in [-0.1, -0.05) is 26.8 Å². The zero-order valence-corrected chi connectivity index (χ0v) is 16.9. The molecule has 29 heavy (non-hydrogen) atoms. The van der Waals surface area contributed by atoms with Crippen molar-refractivity contribution in [2.45, 2.75) is 39.2 Å². The van der Waals surface area contributed by atoms with Crippen molar-refractivity contribution in [3.8, 4) is 5.75 Å². The molecule has 152 valence electrons. The standard InChI is InChI=1S/C23H24O6/c1-14(24)28-21(13-27-18-8-5-15(6-9-18)22(25)26)20-12-16-11-17(23(2,3)4)7-10-19(16)29-20/h5-12,21H,13H2,1-4H3,(H,25,26). The van der Waals surface area contributed by atoms with Crippen LogP contribution in [0, 0.1) is 0 Å². The maximum Gasteiger partial charge on any atom is 0.335 e. The van der Waals surface area contributed by atoms with Crippen molar-refractivity contribution in [2.24, 2.45) is 0 Å². The lowest BCUT2D eigenvalue weighted by Crippen LogP contribution is -2.16. The van der Waals surface area contributed by atoms with E-state index in [1.54, 1.807) is 12.1 Å². The van der Waals surface area contributed by atoms with Crippen LogP contribution in [0.1, 0.15) is 55.5 Å². The van der Waals surface area contributed by atoms with E-state index in [9.17, 15) is 9.59 Å². The van der Waals surface area contributed by atoms with Crippen LogP contribution in [0.5, 0.6) is 5.75 Å². The van der Waals surface area contributed by atoms with Gasteiger partial charge in [0, 0.05) is 12.3 Å². The first-order valence-electron chi connectivity index (χ1n) is 9.31. The Morgan fingerprint density at radius 1 is 1.07 bits per heavy atom. The molecule has 0 spiro atoms. The molecule has 0 radical (unpaired) electrons. The second-order valence-corrected chi connectivity index (χ2v) is 7.89. The number of fused-ring (bicyclic) bond motifs is 1. The fourth-order valence-corrected chi connectivity index (χ4v) is 2.93. The summed E-state index contributed by atoms with van der Waals surface area (Å²) in [5.41, 5.74) is 2.06. The SMILES string of the molecule is CC(=O)OC(COc1ccc(C(=O)O)cc1)c1cc2cc(C(C)(C)C)ccc2o1. The van der Waals surface area contributed by atoms with Gasteiger partial charge in [-0.3, -0.25) is 4.79 Å². The van der Waals surface area contributed by atoms with E-state index in [-0.39, 0.29) is 17.6 Å². The first-order valence-corrected chi connectivity index (χ1v) is 9.31. The zero-order chi connectivity index (χ0) is 21.2. The minimum atomic E-state index is -1.01. The Hall–Kier alpha value is -3.28. The van der Waals surface area contributed by atoms with Crippen LogP contribution >= 0.6 is 0 Å². The van der Waals surface area contributed by atoms with Crippen molar-refractivity contribution in [1.29, 1.82) is 0 Å². The Balaban J connectivity index is 1.82. The third-order valence-electron chi connectivity index (χ3n) is 4.53. The van der Waals surface area contributed by atoms with Crippen molar-refractivity contribution in [1.82, 2.24) is 0 Å². The third kappa shape index (κ3) is 4.96. The number of hydrogen-bond donors (Lipinski definition) is 1. The number of ether oxygens (including phenoxy) is 2. The van der Waals surface area contributed by atoms with E-state index < -0.39 is 18.0 Å². The summed E-state index contributed by atoms with van der Waals surface area (Å²) >= 11 is 0. The highest BCUT2D eigenvalue weighted by molar-refractivity contribution is 5.87. The highest BCUT2D eigenvalue weighted by Crippen LogP contribution is 2.31. The molecule has 0 fully saturated rings. The van der Waals surface area contributed by atoms with E-state index in [4.69, 9.17) is 19.0 Å². The summed E-state index contributed by atoms with van der Waals surface area (Å²) in [7, 11) is 0. The summed E-state index contributed by atoms with van der Waals surface area (Å²) in [4.78, 5) is 22.5. The largest absolute Gasteiger partial charge is 0.489 e. The lowest BCUT2D eigenvalue weighted by Gasteiger charge is -2.18. The van der Waals surface area contributed by atoms with Crippen LogP contribution in [0.15, 0.2) is 52.9 Å². The third-order valence-corrected chi connectivity index (χ3v) is 4.53. The van der Waals surface area contributed by atoms with Crippen LogP contribution in [0.25, 0.3) is 11.0 Å². The molecule has 6 nitrogen and oxygen atoms in total. The van der Waals surface area contributed by atoms with Crippen molar-refractivity contribution in [2.75, 3.05) is 6.61 Å². The van der Waals surface area contributed by atoms with Gasteiger partial charge in [0.15, 0.2) is 6.10 Å². The smallest absolute Gasteiger partial charge is 0.335 e. The molecule has 1 aromatic heterocycles. The first-order chi connectivity index (χ1) is 13.6. The van der Waals surface area contributed by atoms with Crippen molar-refractivity contribution in [3.05, 3.63) is 65.4 Å². The number of carboxylic acid groups (broad SMARTS) is 1. The number of furan rings is 1. The zero-order valence-electron chi connectivity index (χ0n) is 16.9. The van der Waals surface area contributed by atoms with Crippen LogP contribution in [0.3, 0.4) is 0 Å². The van der Waals surface area contributed by atoms with Crippen LogP contribution in [0.4, 0.5) is 0 Å². The van der Waals surface area contributed by atoms with E-state index in [2.05, 4.69) is 26.8 Å². The van der Waals surface area contributed by atoms with Gasteiger partial charge >= 0.3 is 11.9 Å². The monoisotopic (exact) mass is 396 g/mol. The number of carbonyl (C=O) groups is 2. The molecule has 0 saturated carbocycles. The van der Waals surface area contributed by atoms with Gasteiger partial charge < -0.3 is 19.0 Å². The van der Waals surface area contributed by atoms with Crippen molar-refractivity contribution < 1.29 is 28.6 Å². The van der Waals surface area contributed by atoms with E-state index in [0.29, 0.717) is 17.1 Å². The molecule has 1 unspecified atom stereocenters. The van der Waals surface area contributed by atoms with Gasteiger partial charge in [0.1, 0.15) is 23.7 Å². The average Bonchev–Trinajstić information content (AvgIpc) is 3.07. The number of hydrogen-bond acceptors (Lipinski definition) is 5. The molecule has 0 bridgehead atoms. The number of aromatic carboxylic acids is 1. The molecule has 0 amide bonds. The van der Waals surface area contributed by atoms with Gasteiger partial charge in [-0.2, -0.15) is 0 Å². The highest BCUT2D eigenvalue weighted by Gasteiger charge is 2.22. The van der Waals surface area contributed by atoms with Crippen LogP contribution in [-0.2, 0) is 14.9 Å². The molecule has 6 heteroatoms. The molecule has 0 saturated heterocycles. The Bertz CT molecular complexity index is 1020. The second-order valence-electron chi connectivity index (χ2n) is 7.89.